The molecular formula is C24H22N2O4. The summed E-state index contributed by atoms with van der Waals surface area (Å²) in [6, 6.07) is 13.8. The van der Waals surface area contributed by atoms with Crippen molar-refractivity contribution in [2.24, 2.45) is 23.7 Å². The van der Waals surface area contributed by atoms with Crippen molar-refractivity contribution < 1.29 is 19.1 Å². The molecular weight excluding hydrogens is 380 g/mol. The number of allylic oxidation sites excluding steroid dienone is 2. The molecule has 2 aliphatic carbocycles. The Bertz CT molecular complexity index is 1110. The number of carbonyl (C=O) groups is 3. The summed E-state index contributed by atoms with van der Waals surface area (Å²) in [5.41, 5.74) is 2.41. The lowest BCUT2D eigenvalue weighted by atomic mass is 9.82. The minimum Gasteiger partial charge on any atom is -0.497 e. The van der Waals surface area contributed by atoms with Crippen molar-refractivity contribution in [3.8, 4) is 5.75 Å². The zero-order valence-electron chi connectivity index (χ0n) is 16.8. The van der Waals surface area contributed by atoms with Gasteiger partial charge in [-0.05, 0) is 49.4 Å². The fourth-order valence-corrected chi connectivity index (χ4v) is 5.27. The third-order valence-electron chi connectivity index (χ3n) is 6.60. The maximum atomic E-state index is 13.3. The van der Waals surface area contributed by atoms with Crippen LogP contribution in [0.4, 0.5) is 11.4 Å². The smallest absolute Gasteiger partial charge is 0.257 e. The molecule has 6 heteroatoms. The number of nitrogens with zero attached hydrogens (tertiary/aromatic N) is 1. The number of para-hydroxylation sites is 1. The highest BCUT2D eigenvalue weighted by Crippen LogP contribution is 2.56. The molecule has 3 aliphatic rings. The third-order valence-corrected chi connectivity index (χ3v) is 6.60. The van der Waals surface area contributed by atoms with Gasteiger partial charge in [-0.2, -0.15) is 0 Å². The minimum absolute atomic E-state index is 0.124. The van der Waals surface area contributed by atoms with Crippen LogP contribution < -0.4 is 15.0 Å². The molecule has 3 amide bonds. The fraction of sp³-hybridized carbons (Fsp3) is 0.292. The Morgan fingerprint density at radius 1 is 1.07 bits per heavy atom. The van der Waals surface area contributed by atoms with E-state index in [1.165, 1.54) is 10.5 Å². The van der Waals surface area contributed by atoms with Gasteiger partial charge in [0.15, 0.2) is 0 Å². The number of carbonyl (C=O) groups excluding carboxylic acids is 3. The molecule has 30 heavy (non-hydrogen) atoms. The first-order valence-electron chi connectivity index (χ1n) is 10.1. The Morgan fingerprint density at radius 2 is 1.83 bits per heavy atom. The van der Waals surface area contributed by atoms with Gasteiger partial charge in [-0.1, -0.05) is 29.8 Å². The topological polar surface area (TPSA) is 75.7 Å². The van der Waals surface area contributed by atoms with Crippen molar-refractivity contribution in [1.82, 2.24) is 0 Å². The summed E-state index contributed by atoms with van der Waals surface area (Å²) in [5, 5.41) is 2.84. The van der Waals surface area contributed by atoms with E-state index in [4.69, 9.17) is 4.74 Å². The van der Waals surface area contributed by atoms with Crippen LogP contribution in [-0.2, 0) is 9.59 Å². The molecule has 1 heterocycles. The fourth-order valence-electron chi connectivity index (χ4n) is 5.27. The molecule has 1 aliphatic heterocycles. The number of hydrogen-bond acceptors (Lipinski definition) is 4. The van der Waals surface area contributed by atoms with Gasteiger partial charge in [0.2, 0.25) is 11.8 Å². The molecule has 0 spiro atoms. The first-order chi connectivity index (χ1) is 14.5. The van der Waals surface area contributed by atoms with Crippen LogP contribution >= 0.6 is 0 Å². The molecule has 1 N–H and O–H groups in total. The van der Waals surface area contributed by atoms with E-state index in [1.54, 1.807) is 55.6 Å². The Morgan fingerprint density at radius 3 is 2.63 bits per heavy atom. The Labute approximate surface area is 174 Å². The van der Waals surface area contributed by atoms with Crippen molar-refractivity contribution in [1.29, 1.82) is 0 Å². The molecule has 0 aromatic heterocycles. The van der Waals surface area contributed by atoms with E-state index in [2.05, 4.69) is 11.4 Å². The van der Waals surface area contributed by atoms with Gasteiger partial charge in [0, 0.05) is 11.8 Å². The zero-order valence-corrected chi connectivity index (χ0v) is 16.8. The number of hydrogen-bond donors (Lipinski definition) is 1. The van der Waals surface area contributed by atoms with E-state index in [1.807, 2.05) is 6.92 Å². The number of methoxy groups -OCH3 is 1. The normalized spacial score (nSPS) is 26.6. The maximum Gasteiger partial charge on any atom is 0.257 e. The highest BCUT2D eigenvalue weighted by Gasteiger charge is 2.61. The molecule has 1 saturated heterocycles. The highest BCUT2D eigenvalue weighted by molar-refractivity contribution is 6.25. The molecule has 0 unspecified atom stereocenters. The van der Waals surface area contributed by atoms with Gasteiger partial charge in [0.05, 0.1) is 30.2 Å². The van der Waals surface area contributed by atoms with Crippen LogP contribution in [0.25, 0.3) is 0 Å². The third kappa shape index (κ3) is 2.67. The molecule has 0 radical (unpaired) electrons. The molecule has 152 valence electrons. The van der Waals surface area contributed by atoms with E-state index < -0.39 is 0 Å². The molecule has 6 nitrogen and oxygen atoms in total. The Kier molecular flexibility index (Phi) is 4.24. The predicted octanol–water partition coefficient (Wildman–Crippen LogP) is 3.65. The number of amides is 3. The van der Waals surface area contributed by atoms with E-state index >= 15 is 0 Å². The number of benzene rings is 2. The van der Waals surface area contributed by atoms with Gasteiger partial charge in [-0.3, -0.25) is 14.4 Å². The van der Waals surface area contributed by atoms with Crippen LogP contribution in [0.2, 0.25) is 0 Å². The second kappa shape index (κ2) is 6.83. The molecule has 2 bridgehead atoms. The van der Waals surface area contributed by atoms with Crippen molar-refractivity contribution in [3.05, 3.63) is 65.7 Å². The molecule has 2 fully saturated rings. The van der Waals surface area contributed by atoms with E-state index in [9.17, 15) is 14.4 Å². The van der Waals surface area contributed by atoms with Gasteiger partial charge in [-0.15, -0.1) is 0 Å². The largest absolute Gasteiger partial charge is 0.497 e. The maximum absolute atomic E-state index is 13.3. The number of rotatable bonds is 4. The van der Waals surface area contributed by atoms with Crippen LogP contribution in [0.1, 0.15) is 23.7 Å². The van der Waals surface area contributed by atoms with Crippen LogP contribution in [0, 0.1) is 23.7 Å². The summed E-state index contributed by atoms with van der Waals surface area (Å²) in [5.74, 6) is -0.485. The standard InChI is InChI=1S/C24H22N2O4/c1-13-10-14-11-18(13)21-20(14)23(28)26(24(21)29)19-9-4-3-8-17(19)22(27)25-15-6-5-7-16(12-15)30-2/h3-10,12,14,18,20-21H,11H2,1-2H3,(H,25,27)/t14-,18+,20-,21-/m0/s1. The first-order valence-corrected chi connectivity index (χ1v) is 10.1. The van der Waals surface area contributed by atoms with Crippen LogP contribution in [0.3, 0.4) is 0 Å². The first kappa shape index (κ1) is 18.6. The van der Waals surface area contributed by atoms with Gasteiger partial charge < -0.3 is 10.1 Å². The monoisotopic (exact) mass is 402 g/mol. The Balaban J connectivity index is 1.46. The predicted molar refractivity (Wildman–Crippen MR) is 112 cm³/mol. The van der Waals surface area contributed by atoms with Crippen molar-refractivity contribution >= 4 is 29.1 Å². The number of fused-ring (bicyclic) bond motifs is 5. The second-order valence-corrected chi connectivity index (χ2v) is 8.18. The minimum atomic E-state index is -0.381. The number of imide groups is 1. The summed E-state index contributed by atoms with van der Waals surface area (Å²) in [7, 11) is 1.56. The van der Waals surface area contributed by atoms with Gasteiger partial charge in [0.1, 0.15) is 5.75 Å². The molecule has 2 aromatic rings. The van der Waals surface area contributed by atoms with Gasteiger partial charge >= 0.3 is 0 Å². The number of nitrogens with one attached hydrogen (secondary N) is 1. The summed E-state index contributed by atoms with van der Waals surface area (Å²) in [6.45, 7) is 2.04. The second-order valence-electron chi connectivity index (χ2n) is 8.18. The lowest BCUT2D eigenvalue weighted by Crippen LogP contribution is -2.34. The van der Waals surface area contributed by atoms with Crippen molar-refractivity contribution in [2.75, 3.05) is 17.3 Å². The summed E-state index contributed by atoms with van der Waals surface area (Å²) in [6.07, 6.45) is 3.02. The lowest BCUT2D eigenvalue weighted by molar-refractivity contribution is -0.123. The van der Waals surface area contributed by atoms with E-state index in [0.717, 1.165) is 6.42 Å². The van der Waals surface area contributed by atoms with E-state index in [0.29, 0.717) is 22.7 Å². The summed E-state index contributed by atoms with van der Waals surface area (Å²) < 4.78 is 5.20. The quantitative estimate of drug-likeness (QED) is 0.626. The lowest BCUT2D eigenvalue weighted by Gasteiger charge is -2.20. The Hall–Kier alpha value is -3.41. The molecule has 4 atom stereocenters. The summed E-state index contributed by atoms with van der Waals surface area (Å²) in [4.78, 5) is 40.8. The molecule has 2 aromatic carbocycles. The van der Waals surface area contributed by atoms with Gasteiger partial charge in [-0.25, -0.2) is 4.90 Å². The number of ether oxygens (including phenoxy) is 1. The van der Waals surface area contributed by atoms with Crippen LogP contribution in [0.5, 0.6) is 5.75 Å². The van der Waals surface area contributed by atoms with Crippen molar-refractivity contribution in [2.45, 2.75) is 13.3 Å². The van der Waals surface area contributed by atoms with E-state index in [-0.39, 0.29) is 41.4 Å². The molecule has 1 saturated carbocycles. The number of anilines is 2. The zero-order chi connectivity index (χ0) is 21.0. The van der Waals surface area contributed by atoms with Crippen LogP contribution in [-0.4, -0.2) is 24.8 Å². The SMILES string of the molecule is COc1cccc(NC(=O)c2ccccc2N2C(=O)[C@@H]3[C@@H](C2=O)[C@H]2C=C(C)[C@H]3C2)c1. The average molecular weight is 402 g/mol. The summed E-state index contributed by atoms with van der Waals surface area (Å²) >= 11 is 0. The van der Waals surface area contributed by atoms with Crippen LogP contribution in [0.15, 0.2) is 60.2 Å². The average Bonchev–Trinajstić information content (AvgIpc) is 3.38. The van der Waals surface area contributed by atoms with Crippen molar-refractivity contribution in [3.63, 3.8) is 0 Å². The van der Waals surface area contributed by atoms with Gasteiger partial charge in [0.25, 0.3) is 5.91 Å². The highest BCUT2D eigenvalue weighted by atomic mass is 16.5. The molecule has 5 rings (SSSR count).